The summed E-state index contributed by atoms with van der Waals surface area (Å²) in [5.74, 6) is -1.70. The standard InChI is InChI=1S/C29H37FN6O4.H2/c30-25-6-5-20(18-26(32)22-3-1-2-4-23(22)28(33)38)17-24(25)29(39)36-14-12-35(13-15-36)27(37)19-34-10-7-21(8-11-34)40-16-9-31;/h1-6,17,21,32H,7-16,18-19,31H2,(H2,33,38);1H. The van der Waals surface area contributed by atoms with E-state index < -0.39 is 17.6 Å². The second-order valence-electron chi connectivity index (χ2n) is 10.2. The highest BCUT2D eigenvalue weighted by Crippen LogP contribution is 2.19. The van der Waals surface area contributed by atoms with Gasteiger partial charge >= 0.3 is 0 Å². The third kappa shape index (κ3) is 7.29. The molecule has 0 unspecified atom stereocenters. The van der Waals surface area contributed by atoms with E-state index >= 15 is 0 Å². The van der Waals surface area contributed by atoms with Gasteiger partial charge in [-0.15, -0.1) is 0 Å². The maximum atomic E-state index is 14.7. The van der Waals surface area contributed by atoms with E-state index in [2.05, 4.69) is 4.90 Å². The first kappa shape index (κ1) is 29.3. The van der Waals surface area contributed by atoms with Crippen molar-refractivity contribution in [1.82, 2.24) is 14.7 Å². The number of ether oxygens (including phenoxy) is 1. The van der Waals surface area contributed by atoms with E-state index in [4.69, 9.17) is 21.6 Å². The van der Waals surface area contributed by atoms with Crippen LogP contribution in [0.2, 0.25) is 0 Å². The van der Waals surface area contributed by atoms with E-state index in [1.54, 1.807) is 34.1 Å². The van der Waals surface area contributed by atoms with Gasteiger partial charge in [-0.1, -0.05) is 24.3 Å². The van der Waals surface area contributed by atoms with Crippen LogP contribution in [0.4, 0.5) is 4.39 Å². The average molecular weight is 555 g/mol. The summed E-state index contributed by atoms with van der Waals surface area (Å²) in [5.41, 5.74) is 12.2. The van der Waals surface area contributed by atoms with Crippen LogP contribution in [0.1, 0.15) is 46.1 Å². The lowest BCUT2D eigenvalue weighted by Crippen LogP contribution is -2.53. The van der Waals surface area contributed by atoms with Crippen LogP contribution in [0, 0.1) is 11.2 Å². The average Bonchev–Trinajstić information content (AvgIpc) is 2.97. The Labute approximate surface area is 235 Å². The highest BCUT2D eigenvalue weighted by atomic mass is 19.1. The van der Waals surface area contributed by atoms with E-state index in [1.807, 2.05) is 0 Å². The van der Waals surface area contributed by atoms with Crippen molar-refractivity contribution >= 4 is 23.4 Å². The van der Waals surface area contributed by atoms with Crippen LogP contribution in [0.15, 0.2) is 42.5 Å². The fourth-order valence-electron chi connectivity index (χ4n) is 5.20. The van der Waals surface area contributed by atoms with Crippen LogP contribution in [-0.2, 0) is 16.0 Å². The first-order valence-electron chi connectivity index (χ1n) is 13.6. The van der Waals surface area contributed by atoms with E-state index in [1.165, 1.54) is 18.2 Å². The lowest BCUT2D eigenvalue weighted by atomic mass is 9.96. The summed E-state index contributed by atoms with van der Waals surface area (Å²) in [4.78, 5) is 43.3. The minimum Gasteiger partial charge on any atom is -0.377 e. The fourth-order valence-corrected chi connectivity index (χ4v) is 5.20. The van der Waals surface area contributed by atoms with Crippen molar-refractivity contribution in [3.05, 3.63) is 70.5 Å². The predicted octanol–water partition coefficient (Wildman–Crippen LogP) is 1.51. The summed E-state index contributed by atoms with van der Waals surface area (Å²) in [7, 11) is 0. The van der Waals surface area contributed by atoms with Crippen LogP contribution >= 0.6 is 0 Å². The SMILES string of the molecule is N=C(Cc1ccc(F)c(C(=O)N2CCN(C(=O)CN3CCC(OCCN)CC3)CC2)c1)c1ccccc1C(N)=O.[HH]. The van der Waals surface area contributed by atoms with Gasteiger partial charge in [0.1, 0.15) is 5.82 Å². The molecule has 10 nitrogen and oxygen atoms in total. The second-order valence-corrected chi connectivity index (χ2v) is 10.2. The van der Waals surface area contributed by atoms with Gasteiger partial charge in [0, 0.05) is 70.5 Å². The number of benzene rings is 2. The highest BCUT2D eigenvalue weighted by molar-refractivity contribution is 6.09. The van der Waals surface area contributed by atoms with Crippen molar-refractivity contribution in [3.63, 3.8) is 0 Å². The van der Waals surface area contributed by atoms with Gasteiger partial charge in [-0.25, -0.2) is 4.39 Å². The molecule has 2 aliphatic heterocycles. The number of rotatable bonds is 10. The van der Waals surface area contributed by atoms with E-state index in [9.17, 15) is 18.8 Å². The summed E-state index contributed by atoms with van der Waals surface area (Å²) >= 11 is 0. The lowest BCUT2D eigenvalue weighted by Gasteiger charge is -2.37. The summed E-state index contributed by atoms with van der Waals surface area (Å²) in [6, 6.07) is 10.8. The van der Waals surface area contributed by atoms with Crippen molar-refractivity contribution in [2.75, 3.05) is 59.0 Å². The lowest BCUT2D eigenvalue weighted by molar-refractivity contribution is -0.134. The number of hydrogen-bond donors (Lipinski definition) is 3. The molecule has 2 saturated heterocycles. The number of piperidine rings is 1. The number of amides is 3. The Morgan fingerprint density at radius 1 is 0.950 bits per heavy atom. The first-order valence-corrected chi connectivity index (χ1v) is 13.6. The van der Waals surface area contributed by atoms with E-state index in [0.29, 0.717) is 57.0 Å². The van der Waals surface area contributed by atoms with Gasteiger partial charge in [0.05, 0.1) is 24.8 Å². The largest absolute Gasteiger partial charge is 0.377 e. The fraction of sp³-hybridized carbons (Fsp3) is 0.448. The number of nitrogens with one attached hydrogen (secondary N) is 1. The number of likely N-dealkylation sites (tertiary alicyclic amines) is 1. The quantitative estimate of drug-likeness (QED) is 0.380. The van der Waals surface area contributed by atoms with Gasteiger partial charge < -0.3 is 31.4 Å². The normalized spacial score (nSPS) is 16.6. The van der Waals surface area contributed by atoms with Crippen LogP contribution in [0.3, 0.4) is 0 Å². The number of halogens is 1. The zero-order chi connectivity index (χ0) is 28.6. The van der Waals surface area contributed by atoms with Crippen LogP contribution in [-0.4, -0.2) is 103 Å². The molecular formula is C29H39FN6O4. The summed E-state index contributed by atoms with van der Waals surface area (Å²) < 4.78 is 20.4. The first-order chi connectivity index (χ1) is 19.3. The number of hydrogen-bond acceptors (Lipinski definition) is 7. The van der Waals surface area contributed by atoms with Gasteiger partial charge in [0.25, 0.3) is 5.91 Å². The molecular weight excluding hydrogens is 515 g/mol. The zero-order valence-electron chi connectivity index (χ0n) is 22.6. The van der Waals surface area contributed by atoms with Gasteiger partial charge in [0.15, 0.2) is 0 Å². The number of piperazine rings is 1. The zero-order valence-corrected chi connectivity index (χ0v) is 22.6. The van der Waals surface area contributed by atoms with Crippen molar-refractivity contribution in [2.24, 2.45) is 11.5 Å². The maximum Gasteiger partial charge on any atom is 0.256 e. The summed E-state index contributed by atoms with van der Waals surface area (Å²) in [5, 5.41) is 8.47. The van der Waals surface area contributed by atoms with Crippen LogP contribution in [0.25, 0.3) is 0 Å². The molecule has 0 radical (unpaired) electrons. The molecule has 0 atom stereocenters. The molecule has 2 aromatic rings. The van der Waals surface area contributed by atoms with E-state index in [0.717, 1.165) is 25.9 Å². The second kappa shape index (κ2) is 13.6. The third-order valence-electron chi connectivity index (χ3n) is 7.44. The summed E-state index contributed by atoms with van der Waals surface area (Å²) in [6.07, 6.45) is 2.04. The molecule has 2 aliphatic rings. The van der Waals surface area contributed by atoms with Crippen molar-refractivity contribution in [1.29, 1.82) is 5.41 Å². The molecule has 0 saturated carbocycles. The van der Waals surface area contributed by atoms with Crippen LogP contribution < -0.4 is 11.5 Å². The molecule has 40 heavy (non-hydrogen) atoms. The Morgan fingerprint density at radius 3 is 2.25 bits per heavy atom. The maximum absolute atomic E-state index is 14.7. The van der Waals surface area contributed by atoms with Gasteiger partial charge in [-0.2, -0.15) is 0 Å². The van der Waals surface area contributed by atoms with Gasteiger partial charge in [-0.05, 0) is 36.6 Å². The monoisotopic (exact) mass is 554 g/mol. The predicted molar refractivity (Wildman–Crippen MR) is 151 cm³/mol. The molecule has 4 rings (SSSR count). The van der Waals surface area contributed by atoms with Crippen molar-refractivity contribution < 1.29 is 24.9 Å². The van der Waals surface area contributed by atoms with Gasteiger partial charge in [-0.3, -0.25) is 19.3 Å². The molecule has 0 aromatic heterocycles. The highest BCUT2D eigenvalue weighted by Gasteiger charge is 2.28. The molecule has 2 fully saturated rings. The molecule has 0 aliphatic carbocycles. The van der Waals surface area contributed by atoms with Crippen molar-refractivity contribution in [3.8, 4) is 0 Å². The number of primary amides is 1. The molecule has 2 aromatic carbocycles. The number of nitrogens with zero attached hydrogens (tertiary/aromatic N) is 3. The number of carbonyl (C=O) groups is 3. The minimum absolute atomic E-state index is 0. The number of carbonyl (C=O) groups excluding carboxylic acids is 3. The molecule has 0 bridgehead atoms. The smallest absolute Gasteiger partial charge is 0.256 e. The Bertz CT molecular complexity index is 1250. The topological polar surface area (TPSA) is 146 Å². The molecule has 2 heterocycles. The Morgan fingerprint density at radius 2 is 1.60 bits per heavy atom. The third-order valence-corrected chi connectivity index (χ3v) is 7.44. The van der Waals surface area contributed by atoms with Gasteiger partial charge in [0.2, 0.25) is 11.8 Å². The molecule has 5 N–H and O–H groups in total. The molecule has 3 amide bonds. The number of nitrogens with two attached hydrogens (primary N) is 2. The molecule has 216 valence electrons. The van der Waals surface area contributed by atoms with E-state index in [-0.39, 0.29) is 36.7 Å². The molecule has 0 spiro atoms. The van der Waals surface area contributed by atoms with Crippen molar-refractivity contribution in [2.45, 2.75) is 25.4 Å². The Hall–Kier alpha value is -3.67. The van der Waals surface area contributed by atoms with Crippen LogP contribution in [0.5, 0.6) is 0 Å². The minimum atomic E-state index is -0.643. The summed E-state index contributed by atoms with van der Waals surface area (Å²) in [6.45, 7) is 4.36. The Kier molecular flexibility index (Phi) is 9.97. The molecule has 11 heteroatoms. The Balaban J connectivity index is 0.00000462.